The SMILES string of the molecule is CC[C@@H](C)NC(=O)[C@@H](CC)N(Cc1ccc(Cl)cc1Cl)C(=O)CCCN(c1cc(Cl)ccc1C)S(C)(=O)=O. The third-order valence-electron chi connectivity index (χ3n) is 6.33. The van der Waals surface area contributed by atoms with Crippen molar-refractivity contribution in [3.8, 4) is 0 Å². The van der Waals surface area contributed by atoms with Crippen molar-refractivity contribution in [1.82, 2.24) is 10.2 Å². The van der Waals surface area contributed by atoms with E-state index in [0.29, 0.717) is 32.7 Å². The van der Waals surface area contributed by atoms with E-state index in [2.05, 4.69) is 5.32 Å². The molecule has 2 aromatic rings. The van der Waals surface area contributed by atoms with Crippen LogP contribution >= 0.6 is 34.8 Å². The van der Waals surface area contributed by atoms with Gasteiger partial charge in [0, 0.05) is 40.6 Å². The van der Waals surface area contributed by atoms with Crippen molar-refractivity contribution in [2.24, 2.45) is 0 Å². The number of sulfonamides is 1. The molecular formula is C27H36Cl3N3O4S. The Morgan fingerprint density at radius 1 is 1.00 bits per heavy atom. The quantitative estimate of drug-likeness (QED) is 0.294. The maximum Gasteiger partial charge on any atom is 0.243 e. The van der Waals surface area contributed by atoms with Crippen molar-refractivity contribution in [2.75, 3.05) is 17.1 Å². The summed E-state index contributed by atoms with van der Waals surface area (Å²) in [6.45, 7) is 7.72. The first-order valence-corrected chi connectivity index (χ1v) is 15.5. The number of nitrogens with zero attached hydrogens (tertiary/aromatic N) is 2. The Hall–Kier alpha value is -2.00. The number of carbonyl (C=O) groups excluding carboxylic acids is 2. The molecule has 0 saturated heterocycles. The van der Waals surface area contributed by atoms with Gasteiger partial charge in [0.1, 0.15) is 6.04 Å². The Morgan fingerprint density at radius 3 is 2.21 bits per heavy atom. The smallest absolute Gasteiger partial charge is 0.243 e. The van der Waals surface area contributed by atoms with Gasteiger partial charge in [-0.1, -0.05) is 60.8 Å². The molecule has 11 heteroatoms. The fraction of sp³-hybridized carbons (Fsp3) is 0.481. The predicted octanol–water partition coefficient (Wildman–Crippen LogP) is 6.22. The molecule has 0 heterocycles. The second kappa shape index (κ2) is 14.4. The number of benzene rings is 2. The van der Waals surface area contributed by atoms with Gasteiger partial charge in [-0.05, 0) is 68.5 Å². The first kappa shape index (κ1) is 32.2. The lowest BCUT2D eigenvalue weighted by Gasteiger charge is -2.32. The molecule has 0 saturated carbocycles. The van der Waals surface area contributed by atoms with Crippen LogP contribution in [0.1, 0.15) is 57.6 Å². The van der Waals surface area contributed by atoms with Crippen LogP contribution in [0.25, 0.3) is 0 Å². The lowest BCUT2D eigenvalue weighted by Crippen LogP contribution is -2.50. The first-order valence-electron chi connectivity index (χ1n) is 12.6. The molecular weight excluding hydrogens is 569 g/mol. The summed E-state index contributed by atoms with van der Waals surface area (Å²) in [4.78, 5) is 28.2. The minimum atomic E-state index is -3.63. The minimum Gasteiger partial charge on any atom is -0.352 e. The Balaban J connectivity index is 2.30. The van der Waals surface area contributed by atoms with E-state index in [-0.39, 0.29) is 43.8 Å². The summed E-state index contributed by atoms with van der Waals surface area (Å²) in [5.41, 5.74) is 1.88. The number of rotatable bonds is 13. The molecule has 38 heavy (non-hydrogen) atoms. The summed E-state index contributed by atoms with van der Waals surface area (Å²) >= 11 is 18.6. The Morgan fingerprint density at radius 2 is 1.63 bits per heavy atom. The van der Waals surface area contributed by atoms with E-state index in [1.807, 2.05) is 20.8 Å². The Labute approximate surface area is 241 Å². The molecule has 7 nitrogen and oxygen atoms in total. The van der Waals surface area contributed by atoms with Crippen LogP contribution < -0.4 is 9.62 Å². The van der Waals surface area contributed by atoms with E-state index in [1.54, 1.807) is 43.3 Å². The molecule has 2 atom stereocenters. The lowest BCUT2D eigenvalue weighted by molar-refractivity contribution is -0.141. The van der Waals surface area contributed by atoms with Crippen LogP contribution in [0.5, 0.6) is 0 Å². The summed E-state index contributed by atoms with van der Waals surface area (Å²) in [5.74, 6) is -0.522. The standard InChI is InChI=1S/C27H36Cl3N3O4S/c1-6-19(4)31-27(35)24(7-2)32(17-20-11-13-21(28)15-23(20)30)26(34)9-8-14-33(38(5,36)37)25-16-22(29)12-10-18(25)3/h10-13,15-16,19,24H,6-9,14,17H2,1-5H3,(H,31,35)/t19-,24-/m1/s1. The molecule has 2 rings (SSSR count). The summed E-state index contributed by atoms with van der Waals surface area (Å²) in [5, 5.41) is 4.25. The molecule has 2 aromatic carbocycles. The van der Waals surface area contributed by atoms with Crippen molar-refractivity contribution >= 4 is 62.3 Å². The fourth-order valence-electron chi connectivity index (χ4n) is 4.03. The van der Waals surface area contributed by atoms with Gasteiger partial charge in [0.05, 0.1) is 11.9 Å². The fourth-order valence-corrected chi connectivity index (χ4v) is 5.68. The van der Waals surface area contributed by atoms with Gasteiger partial charge < -0.3 is 10.2 Å². The molecule has 0 fully saturated rings. The lowest BCUT2D eigenvalue weighted by atomic mass is 10.1. The second-order valence-corrected chi connectivity index (χ2v) is 12.6. The van der Waals surface area contributed by atoms with Crippen LogP contribution in [0.2, 0.25) is 15.1 Å². The van der Waals surface area contributed by atoms with Crippen LogP contribution in [0, 0.1) is 6.92 Å². The van der Waals surface area contributed by atoms with E-state index < -0.39 is 16.1 Å². The van der Waals surface area contributed by atoms with E-state index in [0.717, 1.165) is 18.2 Å². The van der Waals surface area contributed by atoms with E-state index in [4.69, 9.17) is 34.8 Å². The number of hydrogen-bond acceptors (Lipinski definition) is 4. The number of anilines is 1. The molecule has 0 bridgehead atoms. The third-order valence-corrected chi connectivity index (χ3v) is 8.34. The van der Waals surface area contributed by atoms with Crippen LogP contribution in [0.4, 0.5) is 5.69 Å². The topological polar surface area (TPSA) is 86.8 Å². The van der Waals surface area contributed by atoms with E-state index in [1.165, 1.54) is 9.21 Å². The molecule has 2 amide bonds. The maximum absolute atomic E-state index is 13.6. The molecule has 0 spiro atoms. The van der Waals surface area contributed by atoms with Crippen LogP contribution in [0.15, 0.2) is 36.4 Å². The van der Waals surface area contributed by atoms with Crippen LogP contribution in [0.3, 0.4) is 0 Å². The summed E-state index contributed by atoms with van der Waals surface area (Å²) < 4.78 is 26.4. The predicted molar refractivity (Wildman–Crippen MR) is 157 cm³/mol. The van der Waals surface area contributed by atoms with Gasteiger partial charge in [0.15, 0.2) is 0 Å². The van der Waals surface area contributed by atoms with Gasteiger partial charge in [-0.3, -0.25) is 13.9 Å². The van der Waals surface area contributed by atoms with Gasteiger partial charge in [-0.25, -0.2) is 8.42 Å². The highest BCUT2D eigenvalue weighted by molar-refractivity contribution is 7.92. The van der Waals surface area contributed by atoms with Crippen LogP contribution in [-0.4, -0.2) is 50.0 Å². The summed E-state index contributed by atoms with van der Waals surface area (Å²) in [7, 11) is -3.63. The van der Waals surface area contributed by atoms with Gasteiger partial charge in [-0.15, -0.1) is 0 Å². The van der Waals surface area contributed by atoms with Gasteiger partial charge >= 0.3 is 0 Å². The third kappa shape index (κ3) is 9.04. The molecule has 0 aromatic heterocycles. The number of aryl methyl sites for hydroxylation is 1. The molecule has 1 N–H and O–H groups in total. The molecule has 0 aliphatic carbocycles. The zero-order chi connectivity index (χ0) is 28.6. The van der Waals surface area contributed by atoms with Gasteiger partial charge in [0.2, 0.25) is 21.8 Å². The molecule has 210 valence electrons. The number of halogens is 3. The van der Waals surface area contributed by atoms with Crippen molar-refractivity contribution in [1.29, 1.82) is 0 Å². The summed E-state index contributed by atoms with van der Waals surface area (Å²) in [6.07, 6.45) is 2.55. The molecule has 0 aliphatic rings. The van der Waals surface area contributed by atoms with E-state index >= 15 is 0 Å². The minimum absolute atomic E-state index is 0.0317. The van der Waals surface area contributed by atoms with Crippen molar-refractivity contribution in [3.63, 3.8) is 0 Å². The highest BCUT2D eigenvalue weighted by atomic mass is 35.5. The second-order valence-electron chi connectivity index (χ2n) is 9.37. The Bertz CT molecular complexity index is 1240. The molecule has 0 aliphatic heterocycles. The number of carbonyl (C=O) groups is 2. The molecule has 0 radical (unpaired) electrons. The number of hydrogen-bond donors (Lipinski definition) is 1. The van der Waals surface area contributed by atoms with Gasteiger partial charge in [-0.2, -0.15) is 0 Å². The van der Waals surface area contributed by atoms with Crippen molar-refractivity contribution < 1.29 is 18.0 Å². The normalized spacial score (nSPS) is 13.1. The average molecular weight is 605 g/mol. The highest BCUT2D eigenvalue weighted by Gasteiger charge is 2.30. The number of nitrogens with one attached hydrogen (secondary N) is 1. The summed E-state index contributed by atoms with van der Waals surface area (Å²) in [6, 6.07) is 9.29. The number of amides is 2. The highest BCUT2D eigenvalue weighted by Crippen LogP contribution is 2.27. The first-order chi connectivity index (χ1) is 17.8. The van der Waals surface area contributed by atoms with E-state index in [9.17, 15) is 18.0 Å². The van der Waals surface area contributed by atoms with Crippen LogP contribution in [-0.2, 0) is 26.2 Å². The maximum atomic E-state index is 13.6. The largest absolute Gasteiger partial charge is 0.352 e. The zero-order valence-electron chi connectivity index (χ0n) is 22.4. The van der Waals surface area contributed by atoms with Gasteiger partial charge in [0.25, 0.3) is 0 Å². The molecule has 0 unspecified atom stereocenters. The monoisotopic (exact) mass is 603 g/mol. The van der Waals surface area contributed by atoms with Crippen molar-refractivity contribution in [2.45, 2.75) is 72.0 Å². The Kier molecular flexibility index (Phi) is 12.2. The average Bonchev–Trinajstić information content (AvgIpc) is 2.83. The van der Waals surface area contributed by atoms with Crippen molar-refractivity contribution in [3.05, 3.63) is 62.6 Å². The zero-order valence-corrected chi connectivity index (χ0v) is 25.5.